The average molecular weight is 304 g/mol. The molecule has 0 aliphatic rings. The van der Waals surface area contributed by atoms with Crippen LogP contribution < -0.4 is 10.5 Å². The second kappa shape index (κ2) is 5.99. The number of sulfonamides is 1. The van der Waals surface area contributed by atoms with E-state index in [1.165, 1.54) is 16.9 Å². The second-order valence-corrected chi connectivity index (χ2v) is 6.17. The minimum atomic E-state index is -3.64. The maximum Gasteiger partial charge on any atom is 0.262 e. The van der Waals surface area contributed by atoms with E-state index in [0.717, 1.165) is 11.1 Å². The van der Waals surface area contributed by atoms with Crippen LogP contribution in [-0.4, -0.2) is 24.7 Å². The van der Waals surface area contributed by atoms with Crippen LogP contribution in [0.1, 0.15) is 11.1 Å². The number of nitrogens with zero attached hydrogens (tertiary/aromatic N) is 2. The van der Waals surface area contributed by atoms with E-state index < -0.39 is 10.0 Å². The molecule has 7 heteroatoms. The van der Waals surface area contributed by atoms with Crippen LogP contribution in [0.25, 0.3) is 0 Å². The molecule has 21 heavy (non-hydrogen) atoms. The minimum Gasteiger partial charge on any atom is -0.320 e. The van der Waals surface area contributed by atoms with Gasteiger partial charge in [-0.25, -0.2) is 8.42 Å². The molecule has 0 unspecified atom stereocenters. The van der Waals surface area contributed by atoms with Gasteiger partial charge in [-0.1, -0.05) is 11.8 Å². The van der Waals surface area contributed by atoms with Crippen LogP contribution in [-0.2, 0) is 17.1 Å². The van der Waals surface area contributed by atoms with E-state index in [1.807, 2.05) is 6.92 Å². The molecular formula is C14H16N4O2S. The first-order valence-electron chi connectivity index (χ1n) is 6.23. The van der Waals surface area contributed by atoms with Gasteiger partial charge in [0.2, 0.25) is 0 Å². The lowest BCUT2D eigenvalue weighted by Gasteiger charge is -2.07. The molecule has 6 nitrogen and oxygen atoms in total. The Kier molecular flexibility index (Phi) is 4.31. The lowest BCUT2D eigenvalue weighted by Crippen LogP contribution is -2.12. The highest BCUT2D eigenvalue weighted by molar-refractivity contribution is 7.92. The van der Waals surface area contributed by atoms with Gasteiger partial charge in [-0.3, -0.25) is 9.40 Å². The number of hydrogen-bond donors (Lipinski definition) is 2. The van der Waals surface area contributed by atoms with Crippen molar-refractivity contribution in [3.05, 3.63) is 41.7 Å². The quantitative estimate of drug-likeness (QED) is 0.822. The van der Waals surface area contributed by atoms with Crippen molar-refractivity contribution in [1.82, 2.24) is 9.78 Å². The standard InChI is InChI=1S/C14H16N4O2S/c1-11-8-14(6-5-12(11)4-3-7-15)21(19,20)17-13-9-16-18(2)10-13/h5-6,8-10,17H,7,15H2,1-2H3. The first-order chi connectivity index (χ1) is 9.92. The number of hydrogen-bond acceptors (Lipinski definition) is 4. The summed E-state index contributed by atoms with van der Waals surface area (Å²) in [6, 6.07) is 4.78. The molecule has 0 radical (unpaired) electrons. The molecule has 0 aliphatic carbocycles. The van der Waals surface area contributed by atoms with Crippen molar-refractivity contribution in [2.45, 2.75) is 11.8 Å². The van der Waals surface area contributed by atoms with Gasteiger partial charge in [0.25, 0.3) is 10.0 Å². The van der Waals surface area contributed by atoms with Gasteiger partial charge in [-0.05, 0) is 30.7 Å². The molecule has 3 N–H and O–H groups in total. The summed E-state index contributed by atoms with van der Waals surface area (Å²) in [5.74, 6) is 5.65. The number of nitrogens with two attached hydrogens (primary N) is 1. The van der Waals surface area contributed by atoms with Crippen LogP contribution in [0, 0.1) is 18.8 Å². The minimum absolute atomic E-state index is 0.183. The normalized spacial score (nSPS) is 10.8. The predicted molar refractivity (Wildman–Crippen MR) is 81.1 cm³/mol. The van der Waals surface area contributed by atoms with Gasteiger partial charge >= 0.3 is 0 Å². The second-order valence-electron chi connectivity index (χ2n) is 4.49. The third kappa shape index (κ3) is 3.62. The number of aromatic nitrogens is 2. The molecule has 2 aromatic rings. The molecule has 0 spiro atoms. The molecule has 0 atom stereocenters. The highest BCUT2D eigenvalue weighted by Gasteiger charge is 2.15. The van der Waals surface area contributed by atoms with Gasteiger partial charge in [0, 0.05) is 18.8 Å². The molecule has 1 aromatic heterocycles. The monoisotopic (exact) mass is 304 g/mol. The lowest BCUT2D eigenvalue weighted by atomic mass is 10.1. The van der Waals surface area contributed by atoms with E-state index in [4.69, 9.17) is 5.73 Å². The van der Waals surface area contributed by atoms with Crippen molar-refractivity contribution in [2.24, 2.45) is 12.8 Å². The molecule has 0 fully saturated rings. The zero-order valence-electron chi connectivity index (χ0n) is 11.8. The van der Waals surface area contributed by atoms with E-state index in [1.54, 1.807) is 25.4 Å². The summed E-state index contributed by atoms with van der Waals surface area (Å²) in [5.41, 5.74) is 7.29. The fraction of sp³-hybridized carbons (Fsp3) is 0.214. The molecule has 0 saturated heterocycles. The summed E-state index contributed by atoms with van der Waals surface area (Å²) in [7, 11) is -1.92. The molecule has 0 aliphatic heterocycles. The fourth-order valence-electron chi connectivity index (χ4n) is 1.78. The Hall–Kier alpha value is -2.30. The number of anilines is 1. The Balaban J connectivity index is 2.30. The topological polar surface area (TPSA) is 90.0 Å². The summed E-state index contributed by atoms with van der Waals surface area (Å²) in [6.45, 7) is 2.08. The van der Waals surface area contributed by atoms with E-state index >= 15 is 0 Å². The Morgan fingerprint density at radius 2 is 2.19 bits per heavy atom. The third-order valence-corrected chi connectivity index (χ3v) is 4.17. The van der Waals surface area contributed by atoms with E-state index in [9.17, 15) is 8.42 Å². The summed E-state index contributed by atoms with van der Waals surface area (Å²) >= 11 is 0. The number of nitrogens with one attached hydrogen (secondary N) is 1. The zero-order valence-corrected chi connectivity index (χ0v) is 12.6. The highest BCUT2D eigenvalue weighted by atomic mass is 32.2. The van der Waals surface area contributed by atoms with E-state index in [0.29, 0.717) is 5.69 Å². The van der Waals surface area contributed by atoms with Gasteiger partial charge in [-0.2, -0.15) is 5.10 Å². The molecular weight excluding hydrogens is 288 g/mol. The summed E-state index contributed by atoms with van der Waals surface area (Å²) < 4.78 is 28.6. The SMILES string of the molecule is Cc1cc(S(=O)(=O)Nc2cnn(C)c2)ccc1C#CCN. The Bertz CT molecular complexity index is 813. The van der Waals surface area contributed by atoms with E-state index in [2.05, 4.69) is 21.7 Å². The Labute approximate surface area is 124 Å². The molecule has 0 amide bonds. The van der Waals surface area contributed by atoms with Crippen LogP contribution in [0.3, 0.4) is 0 Å². The third-order valence-electron chi connectivity index (χ3n) is 2.79. The largest absolute Gasteiger partial charge is 0.320 e. The first kappa shape index (κ1) is 15.1. The maximum atomic E-state index is 12.3. The summed E-state index contributed by atoms with van der Waals surface area (Å²) in [5, 5.41) is 3.92. The van der Waals surface area contributed by atoms with Gasteiger partial charge in [0.1, 0.15) is 0 Å². The van der Waals surface area contributed by atoms with Gasteiger partial charge in [0.15, 0.2) is 0 Å². The van der Waals surface area contributed by atoms with Crippen LogP contribution >= 0.6 is 0 Å². The van der Waals surface area contributed by atoms with Gasteiger partial charge in [0.05, 0.1) is 23.3 Å². The number of benzene rings is 1. The van der Waals surface area contributed by atoms with Gasteiger partial charge in [-0.15, -0.1) is 0 Å². The highest BCUT2D eigenvalue weighted by Crippen LogP contribution is 2.18. The molecule has 2 rings (SSSR count). The predicted octanol–water partition coefficient (Wildman–Crippen LogP) is 0.840. The molecule has 110 valence electrons. The Morgan fingerprint density at radius 1 is 1.43 bits per heavy atom. The van der Waals surface area contributed by atoms with Crippen molar-refractivity contribution in [1.29, 1.82) is 0 Å². The van der Waals surface area contributed by atoms with Gasteiger partial charge < -0.3 is 5.73 Å². The fourth-order valence-corrected chi connectivity index (χ4v) is 2.89. The van der Waals surface area contributed by atoms with Crippen LogP contribution in [0.2, 0.25) is 0 Å². The zero-order chi connectivity index (χ0) is 15.5. The van der Waals surface area contributed by atoms with E-state index in [-0.39, 0.29) is 11.4 Å². The smallest absolute Gasteiger partial charge is 0.262 e. The van der Waals surface area contributed by atoms with Crippen molar-refractivity contribution in [3.8, 4) is 11.8 Å². The van der Waals surface area contributed by atoms with Crippen molar-refractivity contribution in [3.63, 3.8) is 0 Å². The molecule has 1 heterocycles. The lowest BCUT2D eigenvalue weighted by molar-refractivity contribution is 0.601. The summed E-state index contributed by atoms with van der Waals surface area (Å²) in [6.07, 6.45) is 3.04. The number of rotatable bonds is 3. The maximum absolute atomic E-state index is 12.3. The van der Waals surface area contributed by atoms with Crippen LogP contribution in [0.5, 0.6) is 0 Å². The summed E-state index contributed by atoms with van der Waals surface area (Å²) in [4.78, 5) is 0.183. The molecule has 1 aromatic carbocycles. The molecule has 0 saturated carbocycles. The molecule has 0 bridgehead atoms. The first-order valence-corrected chi connectivity index (χ1v) is 7.72. The van der Waals surface area contributed by atoms with Crippen LogP contribution in [0.15, 0.2) is 35.5 Å². The van der Waals surface area contributed by atoms with Crippen molar-refractivity contribution in [2.75, 3.05) is 11.3 Å². The van der Waals surface area contributed by atoms with Crippen molar-refractivity contribution >= 4 is 15.7 Å². The number of aryl methyl sites for hydroxylation is 2. The Morgan fingerprint density at radius 3 is 2.76 bits per heavy atom. The average Bonchev–Trinajstić information content (AvgIpc) is 2.82. The van der Waals surface area contributed by atoms with Crippen LogP contribution in [0.4, 0.5) is 5.69 Å². The van der Waals surface area contributed by atoms with Crippen molar-refractivity contribution < 1.29 is 8.42 Å².